The average Bonchev–Trinajstić information content (AvgIpc) is 2.73. The first-order valence-electron chi connectivity index (χ1n) is 9.47. The summed E-state index contributed by atoms with van der Waals surface area (Å²) in [6.07, 6.45) is -1.95. The number of hydrogen-bond donors (Lipinski definition) is 0. The molecule has 0 N–H and O–H groups in total. The van der Waals surface area contributed by atoms with E-state index in [1.54, 1.807) is 19.2 Å². The van der Waals surface area contributed by atoms with E-state index in [9.17, 15) is 17.6 Å². The molecular formula is C22H22F4N4. The van der Waals surface area contributed by atoms with Crippen molar-refractivity contribution < 1.29 is 17.6 Å². The molecule has 0 aliphatic heterocycles. The molecule has 0 radical (unpaired) electrons. The van der Waals surface area contributed by atoms with Gasteiger partial charge in [-0.1, -0.05) is 25.5 Å². The lowest BCUT2D eigenvalue weighted by atomic mass is 10.1. The summed E-state index contributed by atoms with van der Waals surface area (Å²) in [5.41, 5.74) is 1.31. The molecule has 0 amide bonds. The van der Waals surface area contributed by atoms with Crippen LogP contribution in [0.25, 0.3) is 0 Å². The zero-order chi connectivity index (χ0) is 21.9. The Morgan fingerprint density at radius 3 is 2.00 bits per heavy atom. The van der Waals surface area contributed by atoms with Crippen LogP contribution in [0, 0.1) is 5.82 Å². The molecule has 0 aliphatic carbocycles. The highest BCUT2D eigenvalue weighted by atomic mass is 19.4. The Morgan fingerprint density at radius 1 is 0.867 bits per heavy atom. The van der Waals surface area contributed by atoms with Crippen LogP contribution in [0.4, 0.5) is 40.7 Å². The predicted molar refractivity (Wildman–Crippen MR) is 110 cm³/mol. The molecule has 0 fully saturated rings. The van der Waals surface area contributed by atoms with Gasteiger partial charge in [0.25, 0.3) is 0 Å². The van der Waals surface area contributed by atoms with Gasteiger partial charge in [0.1, 0.15) is 11.4 Å². The highest BCUT2D eigenvalue weighted by molar-refractivity contribution is 5.65. The average molecular weight is 418 g/mol. The number of nitrogens with zero attached hydrogens (tertiary/aromatic N) is 4. The van der Waals surface area contributed by atoms with Gasteiger partial charge in [-0.05, 0) is 48.4 Å². The standard InChI is InChI=1S/C22H22F4N4/c1-4-5-15-6-10-17(11-7-15)29(2)20-19(22(24,25)26)14-27-21(28-20)30(3)18-12-8-16(23)9-13-18/h6-14H,4-5H2,1-3H3. The van der Waals surface area contributed by atoms with E-state index in [4.69, 9.17) is 0 Å². The summed E-state index contributed by atoms with van der Waals surface area (Å²) in [4.78, 5) is 11.0. The van der Waals surface area contributed by atoms with Crippen LogP contribution in [0.1, 0.15) is 24.5 Å². The van der Waals surface area contributed by atoms with Crippen LogP contribution in [0.3, 0.4) is 0 Å². The van der Waals surface area contributed by atoms with Gasteiger partial charge < -0.3 is 9.80 Å². The summed E-state index contributed by atoms with van der Waals surface area (Å²) in [6.45, 7) is 2.07. The summed E-state index contributed by atoms with van der Waals surface area (Å²) in [7, 11) is 3.15. The molecule has 8 heteroatoms. The van der Waals surface area contributed by atoms with E-state index in [0.717, 1.165) is 24.6 Å². The third kappa shape index (κ3) is 4.69. The highest BCUT2D eigenvalue weighted by Gasteiger charge is 2.37. The molecule has 1 aromatic heterocycles. The molecule has 30 heavy (non-hydrogen) atoms. The topological polar surface area (TPSA) is 32.3 Å². The molecule has 0 saturated heterocycles. The first kappa shape index (κ1) is 21.5. The summed E-state index contributed by atoms with van der Waals surface area (Å²) in [5.74, 6) is -0.601. The first-order valence-corrected chi connectivity index (χ1v) is 9.47. The van der Waals surface area contributed by atoms with Crippen molar-refractivity contribution in [2.24, 2.45) is 0 Å². The van der Waals surface area contributed by atoms with Crippen LogP contribution < -0.4 is 9.80 Å². The van der Waals surface area contributed by atoms with E-state index in [-0.39, 0.29) is 11.8 Å². The second-order valence-electron chi connectivity index (χ2n) is 6.92. The van der Waals surface area contributed by atoms with E-state index in [0.29, 0.717) is 11.4 Å². The van der Waals surface area contributed by atoms with Crippen molar-refractivity contribution in [1.29, 1.82) is 0 Å². The third-order valence-electron chi connectivity index (χ3n) is 4.76. The van der Waals surface area contributed by atoms with E-state index >= 15 is 0 Å². The van der Waals surface area contributed by atoms with E-state index < -0.39 is 17.6 Å². The zero-order valence-electron chi connectivity index (χ0n) is 16.9. The Balaban J connectivity index is 2.01. The summed E-state index contributed by atoms with van der Waals surface area (Å²) >= 11 is 0. The van der Waals surface area contributed by atoms with Gasteiger partial charge in [0.2, 0.25) is 5.95 Å². The molecule has 3 aromatic rings. The largest absolute Gasteiger partial charge is 0.421 e. The molecule has 4 nitrogen and oxygen atoms in total. The number of alkyl halides is 3. The lowest BCUT2D eigenvalue weighted by Crippen LogP contribution is -2.21. The minimum Gasteiger partial charge on any atom is -0.329 e. The Hall–Kier alpha value is -3.16. The van der Waals surface area contributed by atoms with Crippen molar-refractivity contribution in [3.63, 3.8) is 0 Å². The molecule has 1 heterocycles. The van der Waals surface area contributed by atoms with E-state index in [1.165, 1.54) is 41.1 Å². The molecule has 0 atom stereocenters. The Morgan fingerprint density at radius 2 is 1.43 bits per heavy atom. The predicted octanol–water partition coefficient (Wildman–Crippen LogP) is 6.12. The normalized spacial score (nSPS) is 11.4. The molecule has 0 bridgehead atoms. The van der Waals surface area contributed by atoms with Gasteiger partial charge in [-0.2, -0.15) is 18.2 Å². The maximum Gasteiger partial charge on any atom is 0.421 e. The first-order chi connectivity index (χ1) is 14.2. The fourth-order valence-electron chi connectivity index (χ4n) is 3.06. The smallest absolute Gasteiger partial charge is 0.329 e. The Kier molecular flexibility index (Phi) is 6.24. The number of aromatic nitrogens is 2. The lowest BCUT2D eigenvalue weighted by molar-refractivity contribution is -0.137. The minimum atomic E-state index is -4.61. The van der Waals surface area contributed by atoms with Gasteiger partial charge >= 0.3 is 6.18 Å². The molecule has 2 aromatic carbocycles. The van der Waals surface area contributed by atoms with Crippen LogP contribution in [0.2, 0.25) is 0 Å². The summed E-state index contributed by atoms with van der Waals surface area (Å²) in [6, 6.07) is 12.9. The maximum atomic E-state index is 13.6. The van der Waals surface area contributed by atoms with Gasteiger partial charge in [-0.25, -0.2) is 9.37 Å². The van der Waals surface area contributed by atoms with Crippen molar-refractivity contribution in [2.75, 3.05) is 23.9 Å². The molecule has 158 valence electrons. The highest BCUT2D eigenvalue weighted by Crippen LogP contribution is 2.38. The fourth-order valence-corrected chi connectivity index (χ4v) is 3.06. The second-order valence-corrected chi connectivity index (χ2v) is 6.92. The van der Waals surface area contributed by atoms with Crippen LogP contribution in [0.15, 0.2) is 54.7 Å². The molecule has 3 rings (SSSR count). The Bertz CT molecular complexity index is 986. The van der Waals surface area contributed by atoms with Crippen LogP contribution in [0.5, 0.6) is 0 Å². The van der Waals surface area contributed by atoms with Crippen LogP contribution in [-0.4, -0.2) is 24.1 Å². The van der Waals surface area contributed by atoms with Crippen LogP contribution >= 0.6 is 0 Å². The summed E-state index contributed by atoms with van der Waals surface area (Å²) in [5, 5.41) is 0. The Labute approximate surface area is 172 Å². The zero-order valence-corrected chi connectivity index (χ0v) is 16.9. The number of anilines is 4. The van der Waals surface area contributed by atoms with Gasteiger partial charge in [0.15, 0.2) is 5.82 Å². The maximum absolute atomic E-state index is 13.6. The SMILES string of the molecule is CCCc1ccc(N(C)c2nc(N(C)c3ccc(F)cc3)ncc2C(F)(F)F)cc1. The number of rotatable bonds is 6. The fraction of sp³-hybridized carbons (Fsp3) is 0.273. The molecular weight excluding hydrogens is 396 g/mol. The number of halogens is 4. The number of benzene rings is 2. The molecule has 0 spiro atoms. The van der Waals surface area contributed by atoms with Gasteiger partial charge in [-0.3, -0.25) is 0 Å². The van der Waals surface area contributed by atoms with Gasteiger partial charge in [-0.15, -0.1) is 0 Å². The third-order valence-corrected chi connectivity index (χ3v) is 4.76. The van der Waals surface area contributed by atoms with Crippen molar-refractivity contribution in [2.45, 2.75) is 25.9 Å². The van der Waals surface area contributed by atoms with Crippen molar-refractivity contribution in [3.05, 3.63) is 71.7 Å². The lowest BCUT2D eigenvalue weighted by Gasteiger charge is -2.25. The monoisotopic (exact) mass is 418 g/mol. The second kappa shape index (κ2) is 8.69. The molecule has 0 unspecified atom stereocenters. The van der Waals surface area contributed by atoms with Gasteiger partial charge in [0.05, 0.1) is 0 Å². The number of aryl methyl sites for hydroxylation is 1. The van der Waals surface area contributed by atoms with Crippen LogP contribution in [-0.2, 0) is 12.6 Å². The quantitative estimate of drug-likeness (QED) is 0.451. The van der Waals surface area contributed by atoms with Crippen molar-refractivity contribution in [1.82, 2.24) is 9.97 Å². The molecule has 0 saturated carbocycles. The summed E-state index contributed by atoms with van der Waals surface area (Å²) < 4.78 is 54.1. The van der Waals surface area contributed by atoms with E-state index in [1.807, 2.05) is 12.1 Å². The number of hydrogen-bond acceptors (Lipinski definition) is 4. The van der Waals surface area contributed by atoms with Crippen molar-refractivity contribution >= 4 is 23.1 Å². The van der Waals surface area contributed by atoms with E-state index in [2.05, 4.69) is 16.9 Å². The molecule has 0 aliphatic rings. The van der Waals surface area contributed by atoms with Crippen molar-refractivity contribution in [3.8, 4) is 0 Å². The minimum absolute atomic E-state index is 0.0686. The van der Waals surface area contributed by atoms with Gasteiger partial charge in [0, 0.05) is 31.7 Å².